The summed E-state index contributed by atoms with van der Waals surface area (Å²) in [5.74, 6) is 0. The van der Waals surface area contributed by atoms with E-state index in [1.807, 2.05) is 30.3 Å². The molecule has 2 aromatic rings. The summed E-state index contributed by atoms with van der Waals surface area (Å²) < 4.78 is 2.88. The van der Waals surface area contributed by atoms with Crippen molar-refractivity contribution in [1.82, 2.24) is 0 Å². The van der Waals surface area contributed by atoms with Crippen LogP contribution < -0.4 is 5.73 Å². The van der Waals surface area contributed by atoms with Crippen LogP contribution in [0.2, 0.25) is 4.34 Å². The first-order chi connectivity index (χ1) is 8.06. The van der Waals surface area contributed by atoms with Gasteiger partial charge in [0, 0.05) is 26.3 Å². The van der Waals surface area contributed by atoms with Crippen molar-refractivity contribution in [2.75, 3.05) is 0 Å². The molecule has 1 heterocycles. The third-order valence-corrected chi connectivity index (χ3v) is 4.88. The van der Waals surface area contributed by atoms with Crippen molar-refractivity contribution in [1.29, 1.82) is 0 Å². The number of thiophene rings is 1. The van der Waals surface area contributed by atoms with E-state index in [1.165, 1.54) is 4.88 Å². The average molecular weight is 396 g/mol. The summed E-state index contributed by atoms with van der Waals surface area (Å²) in [6.07, 6.45) is 0.798. The first-order valence-corrected chi connectivity index (χ1v) is 7.79. The minimum absolute atomic E-state index is 0.0309. The lowest BCUT2D eigenvalue weighted by atomic mass is 10.0. The van der Waals surface area contributed by atoms with Crippen LogP contribution in [0.5, 0.6) is 0 Å². The molecule has 90 valence electrons. The summed E-state index contributed by atoms with van der Waals surface area (Å²) in [6, 6.07) is 9.94. The Balaban J connectivity index is 2.19. The Hall–Kier alpha value is 0.130. The quantitative estimate of drug-likeness (QED) is 0.762. The molecule has 0 radical (unpaired) electrons. The monoisotopic (exact) mass is 393 g/mol. The second kappa shape index (κ2) is 5.85. The van der Waals surface area contributed by atoms with Gasteiger partial charge in [-0.3, -0.25) is 0 Å². The zero-order chi connectivity index (χ0) is 12.4. The Morgan fingerprint density at radius 1 is 1.24 bits per heavy atom. The molecule has 0 bridgehead atoms. The molecule has 0 spiro atoms. The Labute approximate surface area is 126 Å². The maximum Gasteiger partial charge on any atom is 0.0931 e. The fourth-order valence-electron chi connectivity index (χ4n) is 1.59. The van der Waals surface area contributed by atoms with Crippen LogP contribution in [0.1, 0.15) is 16.5 Å². The molecule has 0 saturated heterocycles. The van der Waals surface area contributed by atoms with Crippen LogP contribution in [0.4, 0.5) is 0 Å². The van der Waals surface area contributed by atoms with Crippen molar-refractivity contribution in [2.45, 2.75) is 12.5 Å². The topological polar surface area (TPSA) is 26.0 Å². The Kier molecular flexibility index (Phi) is 4.66. The Morgan fingerprint density at radius 2 is 2.00 bits per heavy atom. The highest BCUT2D eigenvalue weighted by molar-refractivity contribution is 9.11. The molecule has 5 heteroatoms. The van der Waals surface area contributed by atoms with Crippen LogP contribution >= 0.6 is 54.8 Å². The fraction of sp³-hybridized carbons (Fsp3) is 0.167. The summed E-state index contributed by atoms with van der Waals surface area (Å²) >= 11 is 14.5. The number of hydrogen-bond acceptors (Lipinski definition) is 2. The second-order valence-corrected chi connectivity index (χ2v) is 7.25. The second-order valence-electron chi connectivity index (χ2n) is 3.68. The molecule has 0 amide bonds. The van der Waals surface area contributed by atoms with E-state index in [-0.39, 0.29) is 6.04 Å². The third-order valence-electron chi connectivity index (χ3n) is 2.41. The molecule has 0 saturated carbocycles. The lowest BCUT2D eigenvalue weighted by Crippen LogP contribution is -2.13. The summed E-state index contributed by atoms with van der Waals surface area (Å²) in [7, 11) is 0. The maximum atomic E-state index is 6.22. The lowest BCUT2D eigenvalue weighted by molar-refractivity contribution is 0.726. The highest BCUT2D eigenvalue weighted by atomic mass is 79.9. The number of benzene rings is 1. The van der Waals surface area contributed by atoms with Crippen LogP contribution in [-0.4, -0.2) is 0 Å². The molecular formula is C12H10Br2ClNS. The molecule has 1 unspecified atom stereocenters. The third kappa shape index (κ3) is 3.55. The highest BCUT2D eigenvalue weighted by Crippen LogP contribution is 2.30. The average Bonchev–Trinajstić information content (AvgIpc) is 2.67. The van der Waals surface area contributed by atoms with Crippen molar-refractivity contribution in [3.05, 3.63) is 54.1 Å². The van der Waals surface area contributed by atoms with Crippen LogP contribution in [0.25, 0.3) is 0 Å². The molecule has 1 aromatic carbocycles. The van der Waals surface area contributed by atoms with E-state index in [1.54, 1.807) is 11.3 Å². The molecule has 0 aliphatic rings. The van der Waals surface area contributed by atoms with Crippen molar-refractivity contribution < 1.29 is 0 Å². The van der Waals surface area contributed by atoms with Crippen molar-refractivity contribution in [3.8, 4) is 0 Å². The van der Waals surface area contributed by atoms with Gasteiger partial charge in [-0.05, 0) is 35.9 Å². The van der Waals surface area contributed by atoms with Crippen LogP contribution in [0.15, 0.2) is 39.3 Å². The molecule has 1 aromatic heterocycles. The summed E-state index contributed by atoms with van der Waals surface area (Å²) in [5, 5.41) is 0. The minimum atomic E-state index is -0.0309. The van der Waals surface area contributed by atoms with Gasteiger partial charge in [-0.25, -0.2) is 0 Å². The molecule has 1 atom stereocenters. The zero-order valence-electron chi connectivity index (χ0n) is 8.79. The van der Waals surface area contributed by atoms with Gasteiger partial charge >= 0.3 is 0 Å². The highest BCUT2D eigenvalue weighted by Gasteiger charge is 2.12. The van der Waals surface area contributed by atoms with E-state index in [0.29, 0.717) is 0 Å². The van der Waals surface area contributed by atoms with Crippen LogP contribution in [0, 0.1) is 0 Å². The predicted octanol–water partition coefficient (Wildman–Crippen LogP) is 5.17. The normalized spacial score (nSPS) is 12.7. The zero-order valence-corrected chi connectivity index (χ0v) is 13.5. The van der Waals surface area contributed by atoms with E-state index in [4.69, 9.17) is 17.3 Å². The van der Waals surface area contributed by atoms with E-state index in [2.05, 4.69) is 31.9 Å². The van der Waals surface area contributed by atoms with Gasteiger partial charge in [0.25, 0.3) is 0 Å². The van der Waals surface area contributed by atoms with Crippen LogP contribution in [0.3, 0.4) is 0 Å². The first kappa shape index (κ1) is 13.6. The summed E-state index contributed by atoms with van der Waals surface area (Å²) in [5.41, 5.74) is 7.32. The molecule has 0 fully saturated rings. The number of nitrogens with two attached hydrogens (primary N) is 1. The molecule has 0 aliphatic carbocycles. The van der Waals surface area contributed by atoms with Gasteiger partial charge in [-0.2, -0.15) is 0 Å². The van der Waals surface area contributed by atoms with Crippen molar-refractivity contribution in [3.63, 3.8) is 0 Å². The molecule has 17 heavy (non-hydrogen) atoms. The predicted molar refractivity (Wildman–Crippen MR) is 81.8 cm³/mol. The van der Waals surface area contributed by atoms with Gasteiger partial charge in [-0.1, -0.05) is 43.5 Å². The molecular weight excluding hydrogens is 385 g/mol. The summed E-state index contributed by atoms with van der Waals surface area (Å²) in [4.78, 5) is 1.20. The van der Waals surface area contributed by atoms with Gasteiger partial charge in [0.15, 0.2) is 0 Å². The Morgan fingerprint density at radius 3 is 2.65 bits per heavy atom. The van der Waals surface area contributed by atoms with Gasteiger partial charge in [0.2, 0.25) is 0 Å². The van der Waals surface area contributed by atoms with Crippen molar-refractivity contribution in [2.24, 2.45) is 5.73 Å². The van der Waals surface area contributed by atoms with E-state index < -0.39 is 0 Å². The van der Waals surface area contributed by atoms with E-state index in [9.17, 15) is 0 Å². The largest absolute Gasteiger partial charge is 0.324 e. The van der Waals surface area contributed by atoms with Crippen LogP contribution in [-0.2, 0) is 6.42 Å². The van der Waals surface area contributed by atoms with Gasteiger partial charge in [-0.15, -0.1) is 11.3 Å². The van der Waals surface area contributed by atoms with Crippen molar-refractivity contribution >= 4 is 54.8 Å². The SMILES string of the molecule is NC(Cc1ccc(Cl)s1)c1cc(Br)ccc1Br. The first-order valence-electron chi connectivity index (χ1n) is 5.01. The standard InChI is InChI=1S/C12H10Br2ClNS/c13-7-1-3-10(14)9(5-7)11(16)6-8-2-4-12(15)17-8/h1-5,11H,6,16H2. The van der Waals surface area contributed by atoms with E-state index >= 15 is 0 Å². The minimum Gasteiger partial charge on any atom is -0.324 e. The molecule has 1 nitrogen and oxygen atoms in total. The number of hydrogen-bond donors (Lipinski definition) is 1. The maximum absolute atomic E-state index is 6.22. The van der Waals surface area contributed by atoms with E-state index in [0.717, 1.165) is 25.3 Å². The Bertz CT molecular complexity index is 527. The van der Waals surface area contributed by atoms with Gasteiger partial charge in [0.05, 0.1) is 4.34 Å². The molecule has 2 N–H and O–H groups in total. The smallest absolute Gasteiger partial charge is 0.0931 e. The number of rotatable bonds is 3. The van der Waals surface area contributed by atoms with Gasteiger partial charge in [0.1, 0.15) is 0 Å². The molecule has 0 aliphatic heterocycles. The van der Waals surface area contributed by atoms with Gasteiger partial charge < -0.3 is 5.73 Å². The lowest BCUT2D eigenvalue weighted by Gasteiger charge is -2.13. The fourth-order valence-corrected chi connectivity index (χ4v) is 3.65. The number of halogens is 3. The summed E-state index contributed by atoms with van der Waals surface area (Å²) in [6.45, 7) is 0. The molecule has 2 rings (SSSR count).